The third-order valence-electron chi connectivity index (χ3n) is 5.31. The number of anilines is 2. The smallest absolute Gasteiger partial charge is 0.319 e. The van der Waals surface area contributed by atoms with Crippen LogP contribution in [0, 0.1) is 11.6 Å². The third-order valence-corrected chi connectivity index (χ3v) is 5.31. The number of hydrogen-bond donors (Lipinski definition) is 2. The fourth-order valence-corrected chi connectivity index (χ4v) is 3.73. The highest BCUT2D eigenvalue weighted by atomic mass is 19.1. The number of hydrogen-bond acceptors (Lipinski definition) is 5. The molecule has 1 aliphatic heterocycles. The van der Waals surface area contributed by atoms with E-state index in [1.54, 1.807) is 16.8 Å². The van der Waals surface area contributed by atoms with Gasteiger partial charge in [0.15, 0.2) is 11.5 Å². The van der Waals surface area contributed by atoms with Crippen molar-refractivity contribution in [1.29, 1.82) is 0 Å². The van der Waals surface area contributed by atoms with Gasteiger partial charge in [-0.1, -0.05) is 0 Å². The van der Waals surface area contributed by atoms with E-state index < -0.39 is 17.7 Å². The summed E-state index contributed by atoms with van der Waals surface area (Å²) in [6.07, 6.45) is 2.82. The SMILES string of the molecule is CCn1c(=O)c(N2CCC(NC(=O)Nc3ccc(F)cc3F)CC2)nc2cccnc21. The van der Waals surface area contributed by atoms with Gasteiger partial charge in [0.2, 0.25) is 0 Å². The monoisotopic (exact) mass is 428 g/mol. The van der Waals surface area contributed by atoms with Gasteiger partial charge in [-0.2, -0.15) is 0 Å². The van der Waals surface area contributed by atoms with Crippen molar-refractivity contribution in [3.63, 3.8) is 0 Å². The van der Waals surface area contributed by atoms with Gasteiger partial charge in [0.05, 0.1) is 5.69 Å². The predicted octanol–water partition coefficient (Wildman–Crippen LogP) is 2.88. The second kappa shape index (κ2) is 8.66. The summed E-state index contributed by atoms with van der Waals surface area (Å²) in [5, 5.41) is 5.19. The first-order chi connectivity index (χ1) is 15.0. The zero-order valence-electron chi connectivity index (χ0n) is 16.9. The van der Waals surface area contributed by atoms with Crippen molar-refractivity contribution < 1.29 is 13.6 Å². The lowest BCUT2D eigenvalue weighted by atomic mass is 10.1. The maximum Gasteiger partial charge on any atom is 0.319 e. The van der Waals surface area contributed by atoms with Crippen molar-refractivity contribution in [3.05, 3.63) is 58.5 Å². The van der Waals surface area contributed by atoms with Crippen LogP contribution in [0.1, 0.15) is 19.8 Å². The molecule has 31 heavy (non-hydrogen) atoms. The molecule has 1 aromatic carbocycles. The van der Waals surface area contributed by atoms with Gasteiger partial charge in [0.25, 0.3) is 5.56 Å². The van der Waals surface area contributed by atoms with Crippen molar-refractivity contribution in [3.8, 4) is 0 Å². The first-order valence-corrected chi connectivity index (χ1v) is 10.1. The van der Waals surface area contributed by atoms with Crippen LogP contribution in [-0.4, -0.2) is 39.7 Å². The van der Waals surface area contributed by atoms with Crippen molar-refractivity contribution in [2.75, 3.05) is 23.3 Å². The van der Waals surface area contributed by atoms with Crippen LogP contribution in [0.4, 0.5) is 25.1 Å². The average Bonchev–Trinajstić information content (AvgIpc) is 2.76. The summed E-state index contributed by atoms with van der Waals surface area (Å²) >= 11 is 0. The quantitative estimate of drug-likeness (QED) is 0.667. The van der Waals surface area contributed by atoms with E-state index in [-0.39, 0.29) is 17.3 Å². The first-order valence-electron chi connectivity index (χ1n) is 10.1. The van der Waals surface area contributed by atoms with Crippen LogP contribution < -0.4 is 21.1 Å². The molecule has 162 valence electrons. The van der Waals surface area contributed by atoms with Gasteiger partial charge in [0.1, 0.15) is 17.2 Å². The molecule has 8 nitrogen and oxygen atoms in total. The molecule has 0 bridgehead atoms. The molecule has 3 heterocycles. The van der Waals surface area contributed by atoms with Crippen molar-refractivity contribution >= 4 is 28.7 Å². The van der Waals surface area contributed by atoms with E-state index in [9.17, 15) is 18.4 Å². The van der Waals surface area contributed by atoms with Gasteiger partial charge in [-0.15, -0.1) is 0 Å². The molecular weight excluding hydrogens is 406 g/mol. The van der Waals surface area contributed by atoms with Gasteiger partial charge in [-0.25, -0.2) is 23.5 Å². The number of benzene rings is 1. The number of carbonyl (C=O) groups excluding carboxylic acids is 1. The molecule has 0 saturated carbocycles. The number of urea groups is 1. The molecule has 1 saturated heterocycles. The Morgan fingerprint density at radius 1 is 1.23 bits per heavy atom. The second-order valence-corrected chi connectivity index (χ2v) is 7.31. The molecule has 0 atom stereocenters. The summed E-state index contributed by atoms with van der Waals surface area (Å²) in [5.41, 5.74) is 0.926. The van der Waals surface area contributed by atoms with Crippen molar-refractivity contribution in [2.45, 2.75) is 32.4 Å². The Kier molecular flexibility index (Phi) is 5.79. The van der Waals surface area contributed by atoms with Gasteiger partial charge >= 0.3 is 6.03 Å². The van der Waals surface area contributed by atoms with E-state index in [1.807, 2.05) is 17.9 Å². The highest BCUT2D eigenvalue weighted by Crippen LogP contribution is 2.19. The number of fused-ring (bicyclic) bond motifs is 1. The van der Waals surface area contributed by atoms with Crippen LogP contribution in [0.2, 0.25) is 0 Å². The molecule has 0 radical (unpaired) electrons. The van der Waals surface area contributed by atoms with E-state index in [0.717, 1.165) is 6.07 Å². The first kappa shape index (κ1) is 20.7. The van der Waals surface area contributed by atoms with Crippen LogP contribution in [0.25, 0.3) is 11.2 Å². The summed E-state index contributed by atoms with van der Waals surface area (Å²) in [6.45, 7) is 3.44. The Bertz CT molecular complexity index is 1170. The summed E-state index contributed by atoms with van der Waals surface area (Å²) in [5.74, 6) is -1.18. The minimum Gasteiger partial charge on any atom is -0.352 e. The standard InChI is InChI=1S/C21H22F2N6O2/c1-2-29-18-17(4-3-9-24-18)26-19(20(29)30)28-10-7-14(8-11-28)25-21(31)27-16-6-5-13(22)12-15(16)23/h3-6,9,12,14H,2,7-8,10-11H2,1H3,(H2,25,27,31). The molecule has 1 aliphatic rings. The Morgan fingerprint density at radius 2 is 2.00 bits per heavy atom. The summed E-state index contributed by atoms with van der Waals surface area (Å²) in [7, 11) is 0. The Balaban J connectivity index is 1.41. The lowest BCUT2D eigenvalue weighted by molar-refractivity contribution is 0.246. The minimum absolute atomic E-state index is 0.0922. The number of pyridine rings is 1. The van der Waals surface area contributed by atoms with E-state index in [4.69, 9.17) is 0 Å². The Morgan fingerprint density at radius 3 is 2.71 bits per heavy atom. The Labute approximate surface area is 176 Å². The molecular formula is C21H22F2N6O2. The largest absolute Gasteiger partial charge is 0.352 e. The molecule has 1 fully saturated rings. The fraction of sp³-hybridized carbons (Fsp3) is 0.333. The van der Waals surface area contributed by atoms with Crippen LogP contribution in [0.3, 0.4) is 0 Å². The van der Waals surface area contributed by atoms with Crippen LogP contribution in [0.15, 0.2) is 41.3 Å². The average molecular weight is 428 g/mol. The lowest BCUT2D eigenvalue weighted by Crippen LogP contribution is -2.47. The highest BCUT2D eigenvalue weighted by molar-refractivity contribution is 5.89. The highest BCUT2D eigenvalue weighted by Gasteiger charge is 2.25. The molecule has 0 spiro atoms. The predicted molar refractivity (Wildman–Crippen MR) is 113 cm³/mol. The number of piperidine rings is 1. The number of halogens is 2. The normalized spacial score (nSPS) is 14.6. The molecule has 2 amide bonds. The topological polar surface area (TPSA) is 92.2 Å². The number of nitrogens with zero attached hydrogens (tertiary/aromatic N) is 4. The third kappa shape index (κ3) is 4.32. The zero-order chi connectivity index (χ0) is 22.0. The van der Waals surface area contributed by atoms with E-state index >= 15 is 0 Å². The van der Waals surface area contributed by atoms with E-state index in [2.05, 4.69) is 20.6 Å². The zero-order valence-corrected chi connectivity index (χ0v) is 16.9. The van der Waals surface area contributed by atoms with Crippen molar-refractivity contribution in [1.82, 2.24) is 19.9 Å². The second-order valence-electron chi connectivity index (χ2n) is 7.31. The Hall–Kier alpha value is -3.56. The number of carbonyl (C=O) groups is 1. The van der Waals surface area contributed by atoms with Gasteiger partial charge < -0.3 is 15.5 Å². The molecule has 4 rings (SSSR count). The number of aromatic nitrogens is 3. The molecule has 0 aliphatic carbocycles. The summed E-state index contributed by atoms with van der Waals surface area (Å²) in [4.78, 5) is 35.8. The van der Waals surface area contributed by atoms with Gasteiger partial charge in [-0.3, -0.25) is 9.36 Å². The maximum atomic E-state index is 13.7. The number of amides is 2. The van der Waals surface area contributed by atoms with Crippen LogP contribution >= 0.6 is 0 Å². The maximum absolute atomic E-state index is 13.7. The number of rotatable bonds is 4. The molecule has 2 aromatic heterocycles. The molecule has 2 N–H and O–H groups in total. The minimum atomic E-state index is -0.839. The fourth-order valence-electron chi connectivity index (χ4n) is 3.73. The lowest BCUT2D eigenvalue weighted by Gasteiger charge is -2.33. The van der Waals surface area contributed by atoms with Gasteiger partial charge in [-0.05, 0) is 44.0 Å². The van der Waals surface area contributed by atoms with E-state index in [1.165, 1.54) is 6.07 Å². The number of aryl methyl sites for hydroxylation is 1. The summed E-state index contributed by atoms with van der Waals surface area (Å²) < 4.78 is 28.3. The molecule has 3 aromatic rings. The number of nitrogens with one attached hydrogen (secondary N) is 2. The van der Waals surface area contributed by atoms with Crippen LogP contribution in [-0.2, 0) is 6.54 Å². The molecule has 0 unspecified atom stereocenters. The van der Waals surface area contributed by atoms with E-state index in [0.29, 0.717) is 55.5 Å². The van der Waals surface area contributed by atoms with Crippen LogP contribution in [0.5, 0.6) is 0 Å². The summed E-state index contributed by atoms with van der Waals surface area (Å²) in [6, 6.07) is 5.86. The van der Waals surface area contributed by atoms with Crippen molar-refractivity contribution in [2.24, 2.45) is 0 Å². The molecule has 10 heteroatoms. The van der Waals surface area contributed by atoms with Gasteiger partial charge in [0, 0.05) is 37.9 Å².